The van der Waals surface area contributed by atoms with Gasteiger partial charge in [-0.15, -0.1) is 11.3 Å². The zero-order chi connectivity index (χ0) is 13.7. The number of nitrogens with zero attached hydrogens (tertiary/aromatic N) is 3. The number of ether oxygens (including phenoxy) is 1. The van der Waals surface area contributed by atoms with E-state index in [1.165, 1.54) is 0 Å². The molecule has 0 atom stereocenters. The molecule has 0 saturated carbocycles. The maximum absolute atomic E-state index is 5.30. The highest BCUT2D eigenvalue weighted by molar-refractivity contribution is 7.15. The van der Waals surface area contributed by atoms with E-state index in [0.29, 0.717) is 0 Å². The quantitative estimate of drug-likeness (QED) is 0.792. The Labute approximate surface area is 121 Å². The van der Waals surface area contributed by atoms with Gasteiger partial charge in [-0.05, 0) is 0 Å². The Morgan fingerprint density at radius 3 is 2.89 bits per heavy atom. The van der Waals surface area contributed by atoms with Crippen LogP contribution in [0.3, 0.4) is 0 Å². The molecular weight excluding hydrogens is 280 g/mol. The number of anilines is 1. The standard InChI is InChI=1S/C12H18N4OS2/c1-16(2)12-15-11(17-3)10(19-12)6-13-5-4-9-7-18-8-14-9/h7-8,13H,4-6H2,1-3H3. The van der Waals surface area contributed by atoms with E-state index in [4.69, 9.17) is 4.74 Å². The molecule has 0 aliphatic rings. The van der Waals surface area contributed by atoms with E-state index in [1.807, 2.05) is 24.5 Å². The predicted molar refractivity (Wildman–Crippen MR) is 80.5 cm³/mol. The first-order valence-electron chi connectivity index (χ1n) is 5.99. The molecule has 0 unspecified atom stereocenters. The van der Waals surface area contributed by atoms with Crippen LogP contribution in [0.15, 0.2) is 10.9 Å². The van der Waals surface area contributed by atoms with Gasteiger partial charge in [-0.2, -0.15) is 4.98 Å². The lowest BCUT2D eigenvalue weighted by Crippen LogP contribution is -2.16. The maximum atomic E-state index is 5.30. The summed E-state index contributed by atoms with van der Waals surface area (Å²) in [5.74, 6) is 0.717. The Bertz CT molecular complexity index is 496. The third kappa shape index (κ3) is 3.89. The SMILES string of the molecule is COc1nc(N(C)C)sc1CNCCc1cscn1. The highest BCUT2D eigenvalue weighted by atomic mass is 32.1. The fourth-order valence-electron chi connectivity index (χ4n) is 1.57. The summed E-state index contributed by atoms with van der Waals surface area (Å²) < 4.78 is 5.30. The Morgan fingerprint density at radius 1 is 1.42 bits per heavy atom. The number of methoxy groups -OCH3 is 1. The average molecular weight is 298 g/mol. The molecule has 7 heteroatoms. The summed E-state index contributed by atoms with van der Waals surface area (Å²) in [6.07, 6.45) is 0.950. The van der Waals surface area contributed by atoms with E-state index >= 15 is 0 Å². The average Bonchev–Trinajstić information content (AvgIpc) is 3.03. The van der Waals surface area contributed by atoms with Crippen LogP contribution in [0, 0.1) is 0 Å². The molecule has 2 heterocycles. The Morgan fingerprint density at radius 2 is 2.26 bits per heavy atom. The molecule has 0 saturated heterocycles. The molecule has 2 aromatic heterocycles. The molecule has 5 nitrogen and oxygen atoms in total. The van der Waals surface area contributed by atoms with Gasteiger partial charge in [0, 0.05) is 39.0 Å². The van der Waals surface area contributed by atoms with Crippen molar-refractivity contribution in [1.82, 2.24) is 15.3 Å². The van der Waals surface area contributed by atoms with Crippen LogP contribution in [-0.2, 0) is 13.0 Å². The van der Waals surface area contributed by atoms with Gasteiger partial charge in [-0.1, -0.05) is 11.3 Å². The Kier molecular flexibility index (Phi) is 5.12. The van der Waals surface area contributed by atoms with Crippen LogP contribution in [0.1, 0.15) is 10.6 Å². The summed E-state index contributed by atoms with van der Waals surface area (Å²) in [6.45, 7) is 1.68. The second-order valence-electron chi connectivity index (χ2n) is 4.23. The van der Waals surface area contributed by atoms with Crippen LogP contribution in [0.4, 0.5) is 5.13 Å². The number of hydrogen-bond acceptors (Lipinski definition) is 7. The van der Waals surface area contributed by atoms with Crippen molar-refractivity contribution in [3.05, 3.63) is 21.5 Å². The second-order valence-corrected chi connectivity index (χ2v) is 6.01. The van der Waals surface area contributed by atoms with Crippen LogP contribution >= 0.6 is 22.7 Å². The number of aromatic nitrogens is 2. The summed E-state index contributed by atoms with van der Waals surface area (Å²) >= 11 is 3.29. The predicted octanol–water partition coefficient (Wildman–Crippen LogP) is 2.01. The summed E-state index contributed by atoms with van der Waals surface area (Å²) in [5.41, 5.74) is 3.01. The molecule has 2 rings (SSSR count). The van der Waals surface area contributed by atoms with Gasteiger partial charge in [0.2, 0.25) is 5.88 Å². The van der Waals surface area contributed by atoms with Crippen LogP contribution in [-0.4, -0.2) is 37.7 Å². The molecular formula is C12H18N4OS2. The lowest BCUT2D eigenvalue weighted by molar-refractivity contribution is 0.395. The Balaban J connectivity index is 1.84. The summed E-state index contributed by atoms with van der Waals surface area (Å²) in [7, 11) is 5.63. The zero-order valence-corrected chi connectivity index (χ0v) is 13.0. The van der Waals surface area contributed by atoms with Gasteiger partial charge < -0.3 is 15.0 Å². The first-order chi connectivity index (χ1) is 9.20. The van der Waals surface area contributed by atoms with E-state index < -0.39 is 0 Å². The van der Waals surface area contributed by atoms with Gasteiger partial charge in [-0.3, -0.25) is 0 Å². The van der Waals surface area contributed by atoms with E-state index in [2.05, 4.69) is 20.7 Å². The third-order valence-electron chi connectivity index (χ3n) is 2.55. The first kappa shape index (κ1) is 14.2. The normalized spacial score (nSPS) is 10.7. The van der Waals surface area contributed by atoms with Gasteiger partial charge >= 0.3 is 0 Å². The largest absolute Gasteiger partial charge is 0.480 e. The molecule has 0 aromatic carbocycles. The third-order valence-corrected chi connectivity index (χ3v) is 4.39. The highest BCUT2D eigenvalue weighted by Crippen LogP contribution is 2.30. The number of nitrogens with one attached hydrogen (secondary N) is 1. The van der Waals surface area contributed by atoms with Crippen molar-refractivity contribution in [1.29, 1.82) is 0 Å². The van der Waals surface area contributed by atoms with Crippen molar-refractivity contribution in [2.75, 3.05) is 32.6 Å². The van der Waals surface area contributed by atoms with Crippen LogP contribution in [0.25, 0.3) is 0 Å². The number of rotatable bonds is 7. The topological polar surface area (TPSA) is 50.3 Å². The summed E-state index contributed by atoms with van der Waals surface area (Å²) in [5, 5.41) is 6.45. The van der Waals surface area contributed by atoms with E-state index in [0.717, 1.165) is 41.1 Å². The van der Waals surface area contributed by atoms with E-state index in [1.54, 1.807) is 29.8 Å². The van der Waals surface area contributed by atoms with Gasteiger partial charge in [0.25, 0.3) is 0 Å². The molecule has 0 fully saturated rings. The van der Waals surface area contributed by atoms with Gasteiger partial charge in [-0.25, -0.2) is 4.98 Å². The molecule has 2 aromatic rings. The number of thiazole rings is 2. The first-order valence-corrected chi connectivity index (χ1v) is 7.75. The van der Waals surface area contributed by atoms with Crippen molar-refractivity contribution in [2.45, 2.75) is 13.0 Å². The molecule has 19 heavy (non-hydrogen) atoms. The van der Waals surface area contributed by atoms with Gasteiger partial charge in [0.05, 0.1) is 23.2 Å². The van der Waals surface area contributed by atoms with Crippen LogP contribution in [0.5, 0.6) is 5.88 Å². The minimum absolute atomic E-state index is 0.717. The molecule has 0 aliphatic heterocycles. The van der Waals surface area contributed by atoms with E-state index in [-0.39, 0.29) is 0 Å². The molecule has 1 N–H and O–H groups in total. The zero-order valence-electron chi connectivity index (χ0n) is 11.3. The fraction of sp³-hybridized carbons (Fsp3) is 0.500. The van der Waals surface area contributed by atoms with Gasteiger partial charge in [0.1, 0.15) is 0 Å². The van der Waals surface area contributed by atoms with Crippen molar-refractivity contribution < 1.29 is 4.74 Å². The molecule has 0 aliphatic carbocycles. The molecule has 0 bridgehead atoms. The van der Waals surface area contributed by atoms with Crippen molar-refractivity contribution in [3.63, 3.8) is 0 Å². The second kappa shape index (κ2) is 6.83. The molecule has 104 valence electrons. The molecule has 0 radical (unpaired) electrons. The smallest absolute Gasteiger partial charge is 0.230 e. The Hall–Kier alpha value is -1.18. The summed E-state index contributed by atoms with van der Waals surface area (Å²) in [6, 6.07) is 0. The lowest BCUT2D eigenvalue weighted by Gasteiger charge is -2.05. The van der Waals surface area contributed by atoms with Crippen molar-refractivity contribution in [2.24, 2.45) is 0 Å². The van der Waals surface area contributed by atoms with Crippen molar-refractivity contribution >= 4 is 27.8 Å². The minimum atomic E-state index is 0.717. The lowest BCUT2D eigenvalue weighted by atomic mass is 10.3. The van der Waals surface area contributed by atoms with E-state index in [9.17, 15) is 0 Å². The van der Waals surface area contributed by atoms with Gasteiger partial charge in [0.15, 0.2) is 5.13 Å². The van der Waals surface area contributed by atoms with Crippen LogP contribution in [0.2, 0.25) is 0 Å². The highest BCUT2D eigenvalue weighted by Gasteiger charge is 2.12. The maximum Gasteiger partial charge on any atom is 0.230 e. The minimum Gasteiger partial charge on any atom is -0.480 e. The molecule has 0 amide bonds. The monoisotopic (exact) mass is 298 g/mol. The molecule has 0 spiro atoms. The fourth-order valence-corrected chi connectivity index (χ4v) is 3.08. The van der Waals surface area contributed by atoms with Crippen molar-refractivity contribution in [3.8, 4) is 5.88 Å². The number of hydrogen-bond donors (Lipinski definition) is 1. The summed E-state index contributed by atoms with van der Waals surface area (Å²) in [4.78, 5) is 11.8. The van der Waals surface area contributed by atoms with Crippen LogP contribution < -0.4 is 15.0 Å².